The van der Waals surface area contributed by atoms with Gasteiger partial charge < -0.3 is 19.1 Å². The molecule has 4 heterocycles. The van der Waals surface area contributed by atoms with Gasteiger partial charge in [-0.2, -0.15) is 6.07 Å². The molecule has 0 N–H and O–H groups in total. The average Bonchev–Trinajstić information content (AvgIpc) is 1.53. The van der Waals surface area contributed by atoms with Crippen molar-refractivity contribution in [3.05, 3.63) is 235 Å². The monoisotopic (exact) mass is 1310 g/mol. The number of nitrogens with zero attached hydrogens (tertiary/aromatic N) is 4. The summed E-state index contributed by atoms with van der Waals surface area (Å²) in [5.74, 6) is 2.19. The molecule has 85 heavy (non-hydrogen) atoms. The first-order chi connectivity index (χ1) is 42.3. The number of para-hydroxylation sites is 3. The van der Waals surface area contributed by atoms with E-state index in [0.717, 1.165) is 72.4 Å². The second kappa shape index (κ2) is 21.9. The standard InChI is InChI=1S/C78H73N4OS.Pt/c1-48(2)59-26-21-27-60(49(3)4)72(59)52-41-56(80-47-81(67-31-19-18-30-66(67)80)74-61(50-23-15-14-16-24-50)28-22-29-62(74)51-39-54(77(8,9)10)43-55(40-51)78(11,12)13)45-58(42-52)83-57-33-34-65-69(46-57)82(71-44-53(37-38-79-71)76(5,6)7)68-36-35-64-63-25-17-20-32-70(63)84-75(64)73(65)68;/h14-44,47-49H,1-13H3;/q-3;/i14D,15D,16D,23D,24D;. The molecule has 0 radical (unpaired) electrons. The molecular formula is C78H73N4OPtS-3. The van der Waals surface area contributed by atoms with Crippen molar-refractivity contribution in [3.63, 3.8) is 0 Å². The minimum atomic E-state index is -0.442. The Morgan fingerprint density at radius 1 is 0.553 bits per heavy atom. The van der Waals surface area contributed by atoms with Crippen molar-refractivity contribution < 1.29 is 32.7 Å². The summed E-state index contributed by atoms with van der Waals surface area (Å²) in [6, 6.07) is 59.3. The van der Waals surface area contributed by atoms with Crippen LogP contribution in [-0.2, 0) is 37.3 Å². The Labute approximate surface area is 528 Å². The maximum atomic E-state index is 9.46. The molecule has 13 rings (SSSR count). The van der Waals surface area contributed by atoms with E-state index in [1.54, 1.807) is 0 Å². The first kappa shape index (κ1) is 51.6. The molecule has 0 atom stereocenters. The van der Waals surface area contributed by atoms with E-state index in [4.69, 9.17) is 13.8 Å². The molecule has 0 saturated heterocycles. The van der Waals surface area contributed by atoms with E-state index in [0.29, 0.717) is 28.4 Å². The molecule has 0 unspecified atom stereocenters. The van der Waals surface area contributed by atoms with Gasteiger partial charge in [-0.15, -0.1) is 65.0 Å². The molecule has 12 aromatic rings. The Balaban J connectivity index is 0.00000785. The zero-order valence-electron chi connectivity index (χ0n) is 55.7. The zero-order chi connectivity index (χ0) is 62.9. The van der Waals surface area contributed by atoms with Gasteiger partial charge in [-0.05, 0) is 114 Å². The van der Waals surface area contributed by atoms with Gasteiger partial charge in [-0.3, -0.25) is 0 Å². The van der Waals surface area contributed by atoms with E-state index >= 15 is 0 Å². The normalized spacial score (nSPS) is 13.8. The molecule has 0 spiro atoms. The van der Waals surface area contributed by atoms with Crippen LogP contribution in [0, 0.1) is 18.8 Å². The van der Waals surface area contributed by atoms with Crippen LogP contribution in [0.4, 0.5) is 22.7 Å². The number of hydrogen-bond acceptors (Lipinski definition) is 5. The smallest absolute Gasteiger partial charge is 0.135 e. The number of anilines is 4. The summed E-state index contributed by atoms with van der Waals surface area (Å²) in [7, 11) is 0. The van der Waals surface area contributed by atoms with Gasteiger partial charge in [0.15, 0.2) is 0 Å². The van der Waals surface area contributed by atoms with Crippen molar-refractivity contribution in [1.82, 2.24) is 9.55 Å². The van der Waals surface area contributed by atoms with Gasteiger partial charge in [0.05, 0.1) is 6.85 Å². The molecule has 0 aliphatic carbocycles. The molecule has 9 aromatic carbocycles. The summed E-state index contributed by atoms with van der Waals surface area (Å²) in [6.07, 6.45) is 1.91. The molecule has 0 amide bonds. The predicted molar refractivity (Wildman–Crippen MR) is 358 cm³/mol. The van der Waals surface area contributed by atoms with Crippen LogP contribution in [0.25, 0.3) is 81.2 Å². The third-order valence-corrected chi connectivity index (χ3v) is 17.8. The number of aromatic nitrogens is 2. The number of rotatable bonds is 10. The number of ether oxygens (including phenoxy) is 1. The number of benzene rings is 9. The molecule has 5 nitrogen and oxygen atoms in total. The number of thiophene rings is 1. The van der Waals surface area contributed by atoms with Crippen molar-refractivity contribution in [2.45, 2.75) is 118 Å². The average molecular weight is 1310 g/mol. The van der Waals surface area contributed by atoms with Gasteiger partial charge in [-0.25, -0.2) is 4.98 Å². The van der Waals surface area contributed by atoms with Gasteiger partial charge >= 0.3 is 0 Å². The fourth-order valence-electron chi connectivity index (χ4n) is 12.1. The summed E-state index contributed by atoms with van der Waals surface area (Å²) in [5, 5.41) is 4.64. The van der Waals surface area contributed by atoms with Crippen molar-refractivity contribution in [2.24, 2.45) is 0 Å². The van der Waals surface area contributed by atoms with Crippen LogP contribution in [-0.4, -0.2) is 9.55 Å². The molecule has 0 saturated carbocycles. The molecule has 430 valence electrons. The SMILES string of the molecule is [2H]c1c([2H])c([2H])c(-c2cccc(-c3cc(C(C)(C)C)cc(C(C)(C)C)c3)c2N2[CH-]N(c3[c-]c(Oc4[c-]c5c(cc4)c4c6sc7ccccc7c6ccc4n5-c4cc(C(C)(C)C)ccn4)cc(-c4c(C(C)C)cccc4C(C)C)c3)c3ccccc32)c([2H])c1[2H].[Pt]. The van der Waals surface area contributed by atoms with E-state index in [9.17, 15) is 2.74 Å². The topological polar surface area (TPSA) is 33.5 Å². The van der Waals surface area contributed by atoms with E-state index in [1.807, 2.05) is 47.9 Å². The maximum Gasteiger partial charge on any atom is 0.135 e. The van der Waals surface area contributed by atoms with Crippen molar-refractivity contribution >= 4 is 76.1 Å². The van der Waals surface area contributed by atoms with Gasteiger partial charge in [0, 0.05) is 92.6 Å². The number of fused-ring (bicyclic) bond motifs is 8. The maximum absolute atomic E-state index is 9.46. The summed E-state index contributed by atoms with van der Waals surface area (Å²) in [5.41, 5.74) is 14.8. The van der Waals surface area contributed by atoms with Crippen LogP contribution in [0.1, 0.15) is 137 Å². The quantitative estimate of drug-likeness (QED) is 0.128. The van der Waals surface area contributed by atoms with Gasteiger partial charge in [0.1, 0.15) is 5.82 Å². The van der Waals surface area contributed by atoms with E-state index in [1.165, 1.54) is 36.9 Å². The molecule has 3 aromatic heterocycles. The van der Waals surface area contributed by atoms with E-state index < -0.39 is 18.1 Å². The summed E-state index contributed by atoms with van der Waals surface area (Å²) < 4.78 is 57.4. The van der Waals surface area contributed by atoms with Crippen LogP contribution in [0.5, 0.6) is 11.5 Å². The van der Waals surface area contributed by atoms with Gasteiger partial charge in [0.2, 0.25) is 0 Å². The third kappa shape index (κ3) is 10.5. The Kier molecular flexibility index (Phi) is 13.3. The Morgan fingerprint density at radius 2 is 1.18 bits per heavy atom. The number of pyridine rings is 1. The Morgan fingerprint density at radius 3 is 1.85 bits per heavy atom. The Bertz CT molecular complexity index is 4760. The van der Waals surface area contributed by atoms with Gasteiger partial charge in [-0.1, -0.05) is 217 Å². The van der Waals surface area contributed by atoms with Crippen LogP contribution < -0.4 is 14.5 Å². The van der Waals surface area contributed by atoms with Crippen molar-refractivity contribution in [3.8, 4) is 50.7 Å². The fourth-order valence-corrected chi connectivity index (χ4v) is 13.4. The fraction of sp³-hybridized carbons (Fsp3) is 0.231. The molecular weight excluding hydrogens is 1240 g/mol. The van der Waals surface area contributed by atoms with Crippen LogP contribution >= 0.6 is 11.3 Å². The van der Waals surface area contributed by atoms with Crippen molar-refractivity contribution in [1.29, 1.82) is 0 Å². The van der Waals surface area contributed by atoms with E-state index in [2.05, 4.69) is 245 Å². The summed E-state index contributed by atoms with van der Waals surface area (Å²) in [4.78, 5) is 9.33. The molecule has 7 heteroatoms. The molecule has 1 aliphatic heterocycles. The zero-order valence-corrected chi connectivity index (χ0v) is 53.8. The first-order valence-corrected chi connectivity index (χ1v) is 30.1. The second-order valence-corrected chi connectivity index (χ2v) is 27.2. The predicted octanol–water partition coefficient (Wildman–Crippen LogP) is 22.5. The largest absolute Gasteiger partial charge is 0.509 e. The number of hydrogen-bond donors (Lipinski definition) is 0. The van der Waals surface area contributed by atoms with Crippen molar-refractivity contribution in [2.75, 3.05) is 9.80 Å². The second-order valence-electron chi connectivity index (χ2n) is 26.2. The molecule has 0 fully saturated rings. The van der Waals surface area contributed by atoms with Crippen LogP contribution in [0.2, 0.25) is 0 Å². The van der Waals surface area contributed by atoms with Crippen LogP contribution in [0.15, 0.2) is 188 Å². The molecule has 0 bridgehead atoms. The summed E-state index contributed by atoms with van der Waals surface area (Å²) in [6.45, 7) is 31.1. The first-order valence-electron chi connectivity index (χ1n) is 31.8. The minimum absolute atomic E-state index is 0. The summed E-state index contributed by atoms with van der Waals surface area (Å²) >= 11 is 1.81. The minimum Gasteiger partial charge on any atom is -0.509 e. The van der Waals surface area contributed by atoms with Gasteiger partial charge in [0.25, 0.3) is 0 Å². The third-order valence-electron chi connectivity index (χ3n) is 16.6. The van der Waals surface area contributed by atoms with Crippen LogP contribution in [0.3, 0.4) is 0 Å². The Hall–Kier alpha value is -7.76. The van der Waals surface area contributed by atoms with E-state index in [-0.39, 0.29) is 66.8 Å². The molecule has 1 aliphatic rings.